The molecule has 0 spiro atoms. The van der Waals surface area contributed by atoms with Gasteiger partial charge in [-0.25, -0.2) is 0 Å². The Kier molecular flexibility index (Phi) is 6.16. The highest BCUT2D eigenvalue weighted by molar-refractivity contribution is 9.10. The lowest BCUT2D eigenvalue weighted by molar-refractivity contribution is 0.414. The van der Waals surface area contributed by atoms with Crippen LogP contribution in [0, 0.1) is 0 Å². The van der Waals surface area contributed by atoms with Crippen LogP contribution in [0.4, 0.5) is 0 Å². The van der Waals surface area contributed by atoms with Crippen molar-refractivity contribution in [2.75, 3.05) is 13.7 Å². The molecule has 3 nitrogen and oxygen atoms in total. The van der Waals surface area contributed by atoms with Gasteiger partial charge in [0.1, 0.15) is 5.75 Å². The Hall–Kier alpha value is -0.390. The summed E-state index contributed by atoms with van der Waals surface area (Å²) in [6.07, 6.45) is 0.786. The molecule has 0 aliphatic carbocycles. The van der Waals surface area contributed by atoms with E-state index in [0.717, 1.165) is 22.2 Å². The molecule has 1 aromatic rings. The van der Waals surface area contributed by atoms with Crippen LogP contribution in [0.15, 0.2) is 22.7 Å². The third-order valence-electron chi connectivity index (χ3n) is 2.57. The number of methoxy groups -OCH3 is 1. The van der Waals surface area contributed by atoms with Gasteiger partial charge in [0, 0.05) is 20.5 Å². The Morgan fingerprint density at radius 1 is 1.53 bits per heavy atom. The summed E-state index contributed by atoms with van der Waals surface area (Å²) in [4.78, 5) is 0. The number of ether oxygens (including phenoxy) is 1. The van der Waals surface area contributed by atoms with E-state index in [4.69, 9.17) is 10.5 Å². The third-order valence-corrected chi connectivity index (χ3v) is 5.08. The average Bonchev–Trinajstić information content (AvgIpc) is 2.32. The van der Waals surface area contributed by atoms with Crippen LogP contribution in [0.2, 0.25) is 0 Å². The zero-order chi connectivity index (χ0) is 12.8. The van der Waals surface area contributed by atoms with Crippen LogP contribution < -0.4 is 10.5 Å². The summed E-state index contributed by atoms with van der Waals surface area (Å²) < 4.78 is 18.2. The molecule has 0 bridgehead atoms. The summed E-state index contributed by atoms with van der Waals surface area (Å²) in [7, 11) is 0.724. The fourth-order valence-corrected chi connectivity index (χ4v) is 3.25. The summed E-state index contributed by atoms with van der Waals surface area (Å²) in [5.74, 6) is 1.31. The molecule has 0 saturated carbocycles. The van der Waals surface area contributed by atoms with Gasteiger partial charge in [0.2, 0.25) is 0 Å². The fourth-order valence-electron chi connectivity index (χ4n) is 1.45. The molecule has 2 unspecified atom stereocenters. The molecule has 17 heavy (non-hydrogen) atoms. The molecule has 0 radical (unpaired) electrons. The summed E-state index contributed by atoms with van der Waals surface area (Å²) >= 11 is 3.46. The van der Waals surface area contributed by atoms with Gasteiger partial charge in [-0.3, -0.25) is 4.21 Å². The molecule has 0 saturated heterocycles. The first-order valence-electron chi connectivity index (χ1n) is 5.48. The Bertz CT molecular complexity index is 398. The molecule has 2 N–H and O–H groups in total. The fraction of sp³-hybridized carbons (Fsp3) is 0.500. The lowest BCUT2D eigenvalue weighted by atomic mass is 10.2. The summed E-state index contributed by atoms with van der Waals surface area (Å²) in [6, 6.07) is 5.70. The predicted octanol–water partition coefficient (Wildman–Crippen LogP) is 2.44. The van der Waals surface area contributed by atoms with E-state index in [0.29, 0.717) is 12.3 Å². The molecule has 2 atom stereocenters. The molecule has 0 aromatic heterocycles. The monoisotopic (exact) mass is 319 g/mol. The highest BCUT2D eigenvalue weighted by atomic mass is 79.9. The molecule has 1 rings (SSSR count). The minimum absolute atomic E-state index is 0.123. The molecule has 1 aromatic carbocycles. The minimum atomic E-state index is -0.902. The summed E-state index contributed by atoms with van der Waals surface area (Å²) in [5, 5.41) is 0.123. The second kappa shape index (κ2) is 7.13. The number of nitrogens with two attached hydrogens (primary N) is 1. The van der Waals surface area contributed by atoms with E-state index in [1.54, 1.807) is 7.11 Å². The van der Waals surface area contributed by atoms with Crippen LogP contribution in [0.5, 0.6) is 5.75 Å². The molecule has 96 valence electrons. The van der Waals surface area contributed by atoms with Gasteiger partial charge in [0.05, 0.1) is 12.9 Å². The maximum absolute atomic E-state index is 12.0. The average molecular weight is 320 g/mol. The van der Waals surface area contributed by atoms with Crippen LogP contribution in [0.25, 0.3) is 0 Å². The van der Waals surface area contributed by atoms with E-state index in [9.17, 15) is 4.21 Å². The molecule has 5 heteroatoms. The van der Waals surface area contributed by atoms with Gasteiger partial charge in [-0.05, 0) is 36.7 Å². The number of rotatable bonds is 6. The van der Waals surface area contributed by atoms with Crippen molar-refractivity contribution >= 4 is 26.7 Å². The van der Waals surface area contributed by atoms with Crippen molar-refractivity contribution in [3.63, 3.8) is 0 Å². The van der Waals surface area contributed by atoms with Crippen molar-refractivity contribution in [2.24, 2.45) is 5.73 Å². The number of hydrogen-bond acceptors (Lipinski definition) is 3. The molecular formula is C12H18BrNO2S. The van der Waals surface area contributed by atoms with Gasteiger partial charge in [0.15, 0.2) is 0 Å². The maximum Gasteiger partial charge on any atom is 0.119 e. The smallest absolute Gasteiger partial charge is 0.119 e. The normalized spacial score (nSPS) is 14.4. The zero-order valence-electron chi connectivity index (χ0n) is 10.1. The van der Waals surface area contributed by atoms with E-state index < -0.39 is 10.8 Å². The first kappa shape index (κ1) is 14.7. The van der Waals surface area contributed by atoms with Crippen LogP contribution >= 0.6 is 15.9 Å². The van der Waals surface area contributed by atoms with Gasteiger partial charge in [-0.15, -0.1) is 0 Å². The first-order valence-corrected chi connectivity index (χ1v) is 7.65. The number of hydrogen-bond donors (Lipinski definition) is 1. The third kappa shape index (κ3) is 4.41. The molecule has 0 aliphatic rings. The Balaban J connectivity index is 2.76. The SMILES string of the molecule is COc1ccc(Br)c(CS(=O)C(C)CCN)c1. The van der Waals surface area contributed by atoms with Crippen molar-refractivity contribution < 1.29 is 8.95 Å². The molecule has 0 heterocycles. The predicted molar refractivity (Wildman–Crippen MR) is 75.7 cm³/mol. The van der Waals surface area contributed by atoms with E-state index in [2.05, 4.69) is 15.9 Å². The number of benzene rings is 1. The quantitative estimate of drug-likeness (QED) is 0.876. The zero-order valence-corrected chi connectivity index (χ0v) is 12.5. The van der Waals surface area contributed by atoms with Crippen molar-refractivity contribution in [1.29, 1.82) is 0 Å². The second-order valence-corrected chi connectivity index (χ2v) is 6.58. The van der Waals surface area contributed by atoms with Gasteiger partial charge in [-0.2, -0.15) is 0 Å². The summed E-state index contributed by atoms with van der Waals surface area (Å²) in [6.45, 7) is 2.54. The Morgan fingerprint density at radius 2 is 2.24 bits per heavy atom. The van der Waals surface area contributed by atoms with E-state index in [1.165, 1.54) is 0 Å². The van der Waals surface area contributed by atoms with Gasteiger partial charge in [0.25, 0.3) is 0 Å². The maximum atomic E-state index is 12.0. The van der Waals surface area contributed by atoms with E-state index >= 15 is 0 Å². The van der Waals surface area contributed by atoms with Gasteiger partial charge >= 0.3 is 0 Å². The second-order valence-electron chi connectivity index (χ2n) is 3.87. The van der Waals surface area contributed by atoms with Crippen LogP contribution in [0.1, 0.15) is 18.9 Å². The summed E-state index contributed by atoms with van der Waals surface area (Å²) in [5.41, 5.74) is 6.48. The van der Waals surface area contributed by atoms with Crippen molar-refractivity contribution in [2.45, 2.75) is 24.3 Å². The molecule has 0 amide bonds. The molecular weight excluding hydrogens is 302 g/mol. The highest BCUT2D eigenvalue weighted by Crippen LogP contribution is 2.24. The van der Waals surface area contributed by atoms with Crippen molar-refractivity contribution in [3.8, 4) is 5.75 Å². The Morgan fingerprint density at radius 3 is 2.82 bits per heavy atom. The Labute approximate surface area is 113 Å². The van der Waals surface area contributed by atoms with Crippen LogP contribution in [-0.2, 0) is 16.6 Å². The highest BCUT2D eigenvalue weighted by Gasteiger charge is 2.13. The standard InChI is InChI=1S/C12H18BrNO2S/c1-9(5-6-14)17(15)8-10-7-11(16-2)3-4-12(10)13/h3-4,7,9H,5-6,8,14H2,1-2H3. The molecule has 0 fully saturated rings. The first-order chi connectivity index (χ1) is 8.08. The topological polar surface area (TPSA) is 52.3 Å². The van der Waals surface area contributed by atoms with Gasteiger partial charge < -0.3 is 10.5 Å². The molecule has 0 aliphatic heterocycles. The minimum Gasteiger partial charge on any atom is -0.497 e. The van der Waals surface area contributed by atoms with E-state index in [-0.39, 0.29) is 5.25 Å². The van der Waals surface area contributed by atoms with Crippen molar-refractivity contribution in [1.82, 2.24) is 0 Å². The van der Waals surface area contributed by atoms with Crippen LogP contribution in [0.3, 0.4) is 0 Å². The van der Waals surface area contributed by atoms with Crippen LogP contribution in [-0.4, -0.2) is 23.1 Å². The largest absolute Gasteiger partial charge is 0.497 e. The van der Waals surface area contributed by atoms with E-state index in [1.807, 2.05) is 25.1 Å². The van der Waals surface area contributed by atoms with Crippen molar-refractivity contribution in [3.05, 3.63) is 28.2 Å². The lowest BCUT2D eigenvalue weighted by Gasteiger charge is -2.12. The van der Waals surface area contributed by atoms with Gasteiger partial charge in [-0.1, -0.05) is 22.9 Å². The lowest BCUT2D eigenvalue weighted by Crippen LogP contribution is -2.17. The number of halogens is 1.